The van der Waals surface area contributed by atoms with Gasteiger partial charge in [0.1, 0.15) is 19.3 Å². The molecule has 0 fully saturated rings. The number of quaternary nitrogens is 1. The monoisotopic (exact) mass is 1210 g/mol. The summed E-state index contributed by atoms with van der Waals surface area (Å²) in [5, 5.41) is 3.08. The van der Waals surface area contributed by atoms with E-state index in [1.54, 1.807) is 0 Å². The summed E-state index contributed by atoms with van der Waals surface area (Å²) in [5.74, 6) is -0.494. The highest BCUT2D eigenvalue weighted by Crippen LogP contribution is 2.43. The van der Waals surface area contributed by atoms with Crippen LogP contribution in [0.5, 0.6) is 0 Å². The summed E-state index contributed by atoms with van der Waals surface area (Å²) in [6.45, 7) is 6.95. The molecule has 3 atom stereocenters. The molecule has 0 aromatic carbocycles. The Balaban J connectivity index is 5.06. The number of hydrogen-bond donors (Lipinski definition) is 2. The molecule has 0 spiro atoms. The van der Waals surface area contributed by atoms with Gasteiger partial charge in [-0.1, -0.05) is 325 Å². The average molecular weight is 1210 g/mol. The lowest BCUT2D eigenvalue weighted by Crippen LogP contribution is -2.47. The number of carbonyl (C=O) groups excluding carboxylic acids is 2. The van der Waals surface area contributed by atoms with Crippen LogP contribution in [-0.2, 0) is 27.9 Å². The van der Waals surface area contributed by atoms with Gasteiger partial charge in [-0.25, -0.2) is 4.57 Å². The summed E-state index contributed by atoms with van der Waals surface area (Å²) in [6.07, 6.45) is 84.8. The van der Waals surface area contributed by atoms with Gasteiger partial charge in [0.05, 0.1) is 33.8 Å². The van der Waals surface area contributed by atoms with E-state index in [4.69, 9.17) is 13.8 Å². The molecule has 0 aliphatic heterocycles. The fourth-order valence-corrected chi connectivity index (χ4v) is 11.4. The van der Waals surface area contributed by atoms with Crippen molar-refractivity contribution in [1.29, 1.82) is 0 Å². The van der Waals surface area contributed by atoms with E-state index in [2.05, 4.69) is 86.8 Å². The quantitative estimate of drug-likeness (QED) is 0.0205. The number of ether oxygens (including phenoxy) is 1. The van der Waals surface area contributed by atoms with Crippen LogP contribution < -0.4 is 5.32 Å². The fraction of sp³-hybridized carbons (Fsp3) is 0.813. The van der Waals surface area contributed by atoms with Crippen molar-refractivity contribution in [2.75, 3.05) is 40.9 Å². The Morgan fingerprint density at radius 3 is 1.13 bits per heavy atom. The fourth-order valence-electron chi connectivity index (χ4n) is 10.6. The summed E-state index contributed by atoms with van der Waals surface area (Å²) >= 11 is 0. The molecule has 85 heavy (non-hydrogen) atoms. The number of amides is 1. The minimum atomic E-state index is -4.46. The third-order valence-corrected chi connectivity index (χ3v) is 17.1. The molecule has 0 radical (unpaired) electrons. The molecule has 0 aliphatic carbocycles. The van der Waals surface area contributed by atoms with Crippen molar-refractivity contribution in [3.05, 3.63) is 72.9 Å². The first-order valence-corrected chi connectivity index (χ1v) is 37.8. The minimum Gasteiger partial charge on any atom is -0.456 e. The zero-order valence-corrected chi connectivity index (χ0v) is 57.7. The molecule has 0 saturated heterocycles. The molecule has 1 amide bonds. The first kappa shape index (κ1) is 82.5. The number of nitrogens with one attached hydrogen (secondary N) is 1. The molecule has 496 valence electrons. The molecule has 0 aromatic heterocycles. The Morgan fingerprint density at radius 2 is 0.753 bits per heavy atom. The topological polar surface area (TPSA) is 111 Å². The molecule has 0 saturated carbocycles. The molecular formula is C75H140N2O7P+. The van der Waals surface area contributed by atoms with Gasteiger partial charge in [-0.2, -0.15) is 0 Å². The van der Waals surface area contributed by atoms with Crippen LogP contribution in [-0.4, -0.2) is 74.3 Å². The number of esters is 1. The number of likely N-dealkylation sites (N-methyl/N-ethyl adjacent to an activating group) is 1. The van der Waals surface area contributed by atoms with E-state index in [9.17, 15) is 19.0 Å². The molecular weight excluding hydrogens is 1070 g/mol. The Hall–Kier alpha value is -2.55. The molecule has 0 aromatic rings. The smallest absolute Gasteiger partial charge is 0.456 e. The maximum atomic E-state index is 13.6. The molecule has 10 heteroatoms. The van der Waals surface area contributed by atoms with Gasteiger partial charge in [0.15, 0.2) is 0 Å². The first-order chi connectivity index (χ1) is 41.4. The van der Waals surface area contributed by atoms with E-state index >= 15 is 0 Å². The van der Waals surface area contributed by atoms with Crippen molar-refractivity contribution in [2.45, 2.75) is 354 Å². The Morgan fingerprint density at radius 1 is 0.424 bits per heavy atom. The predicted molar refractivity (Wildman–Crippen MR) is 369 cm³/mol. The van der Waals surface area contributed by atoms with E-state index in [-0.39, 0.29) is 25.1 Å². The van der Waals surface area contributed by atoms with Crippen LogP contribution in [0.25, 0.3) is 0 Å². The third-order valence-electron chi connectivity index (χ3n) is 16.2. The number of hydrogen-bond acceptors (Lipinski definition) is 6. The molecule has 3 unspecified atom stereocenters. The van der Waals surface area contributed by atoms with Gasteiger partial charge >= 0.3 is 13.8 Å². The molecule has 9 nitrogen and oxygen atoms in total. The van der Waals surface area contributed by atoms with Crippen molar-refractivity contribution >= 4 is 19.7 Å². The average Bonchev–Trinajstić information content (AvgIpc) is 3.53. The molecule has 2 N–H and O–H groups in total. The van der Waals surface area contributed by atoms with Gasteiger partial charge in [-0.15, -0.1) is 0 Å². The molecule has 0 bridgehead atoms. The van der Waals surface area contributed by atoms with Crippen molar-refractivity contribution in [2.24, 2.45) is 0 Å². The second-order valence-corrected chi connectivity index (χ2v) is 27.2. The summed E-state index contributed by atoms with van der Waals surface area (Å²) in [6, 6.07) is -0.851. The van der Waals surface area contributed by atoms with E-state index < -0.39 is 20.0 Å². The van der Waals surface area contributed by atoms with Crippen molar-refractivity contribution in [1.82, 2.24) is 5.32 Å². The highest BCUT2D eigenvalue weighted by Gasteiger charge is 2.30. The lowest BCUT2D eigenvalue weighted by Gasteiger charge is -2.27. The summed E-state index contributed by atoms with van der Waals surface area (Å²) < 4.78 is 30.9. The van der Waals surface area contributed by atoms with E-state index in [0.29, 0.717) is 23.9 Å². The Kier molecular flexibility index (Phi) is 62.5. The standard InChI is InChI=1S/C75H139N2O7P/c1-7-10-13-16-19-22-25-28-30-32-34-35-36-37-38-39-40-41-43-44-46-49-52-55-58-61-64-67-74(78)76-72(71-83-85(80,81)82-70-69-77(4,5)6)73(66-63-60-57-54-51-48-27-24-21-18-15-12-9-3)84-75(79)68-65-62-59-56-53-50-47-45-42-33-31-29-26-23-20-17-14-11-8-2/h10,13,19,22,28,30,34-35,37-38,63,66,72-73H,7-9,11-12,14-18,20-21,23-27,29,31-33,36,39-62,64-65,67-71H2,1-6H3,(H-,76,78,80,81)/p+1/b13-10-,22-19-,30-28-,35-34-,38-37-,66-63-. The summed E-state index contributed by atoms with van der Waals surface area (Å²) in [5.41, 5.74) is 0. The van der Waals surface area contributed by atoms with Crippen molar-refractivity contribution in [3.8, 4) is 0 Å². The zero-order valence-electron chi connectivity index (χ0n) is 56.9. The SMILES string of the molecule is CC/C=C\C/C=C\C/C=C\C/C=C\C/C=C\CCCCCCCCCCCCCC(=O)NC(COP(=O)(O)OCC[N+](C)(C)C)C(/C=C\CCCCCCCCCCCCC)OC(=O)CCCCCCCCCCCCCCCCCCCCC. The van der Waals surface area contributed by atoms with Crippen LogP contribution >= 0.6 is 7.82 Å². The predicted octanol–water partition coefficient (Wildman–Crippen LogP) is 23.1. The van der Waals surface area contributed by atoms with Gasteiger partial charge in [-0.3, -0.25) is 18.6 Å². The minimum absolute atomic E-state index is 0.0397. The number of allylic oxidation sites excluding steroid dienone is 11. The van der Waals surface area contributed by atoms with Crippen LogP contribution in [0.4, 0.5) is 0 Å². The summed E-state index contributed by atoms with van der Waals surface area (Å²) in [4.78, 5) is 37.9. The van der Waals surface area contributed by atoms with E-state index in [1.165, 1.54) is 218 Å². The van der Waals surface area contributed by atoms with Gasteiger partial charge in [-0.05, 0) is 76.7 Å². The Bertz CT molecular complexity index is 1680. The van der Waals surface area contributed by atoms with Crippen LogP contribution in [0.1, 0.15) is 342 Å². The number of unbranched alkanes of at least 4 members (excludes halogenated alkanes) is 40. The van der Waals surface area contributed by atoms with Crippen LogP contribution in [0.2, 0.25) is 0 Å². The van der Waals surface area contributed by atoms with E-state index in [0.717, 1.165) is 89.9 Å². The maximum Gasteiger partial charge on any atom is 0.472 e. The maximum absolute atomic E-state index is 13.6. The number of phosphoric acid groups is 1. The highest BCUT2D eigenvalue weighted by molar-refractivity contribution is 7.47. The van der Waals surface area contributed by atoms with Gasteiger partial charge < -0.3 is 19.4 Å². The van der Waals surface area contributed by atoms with Crippen LogP contribution in [0.3, 0.4) is 0 Å². The highest BCUT2D eigenvalue weighted by atomic mass is 31.2. The zero-order chi connectivity index (χ0) is 62.1. The second kappa shape index (κ2) is 64.4. The molecule has 0 rings (SSSR count). The van der Waals surface area contributed by atoms with Gasteiger partial charge in [0, 0.05) is 12.8 Å². The second-order valence-electron chi connectivity index (χ2n) is 25.7. The number of nitrogens with zero attached hydrogens (tertiary/aromatic N) is 1. The van der Waals surface area contributed by atoms with Crippen LogP contribution in [0.15, 0.2) is 72.9 Å². The summed E-state index contributed by atoms with van der Waals surface area (Å²) in [7, 11) is 1.50. The van der Waals surface area contributed by atoms with Gasteiger partial charge in [0.2, 0.25) is 5.91 Å². The first-order valence-electron chi connectivity index (χ1n) is 36.3. The molecule has 0 heterocycles. The molecule has 0 aliphatic rings. The van der Waals surface area contributed by atoms with Gasteiger partial charge in [0.25, 0.3) is 0 Å². The van der Waals surface area contributed by atoms with E-state index in [1.807, 2.05) is 33.3 Å². The largest absolute Gasteiger partial charge is 0.472 e. The number of phosphoric ester groups is 1. The van der Waals surface area contributed by atoms with Crippen LogP contribution in [0, 0.1) is 0 Å². The lowest BCUT2D eigenvalue weighted by atomic mass is 10.0. The number of rotatable bonds is 66. The number of carbonyl (C=O) groups is 2. The van der Waals surface area contributed by atoms with Crippen molar-refractivity contribution in [3.63, 3.8) is 0 Å². The lowest BCUT2D eigenvalue weighted by molar-refractivity contribution is -0.870. The Labute approximate surface area is 527 Å². The van der Waals surface area contributed by atoms with Crippen molar-refractivity contribution < 1.29 is 37.3 Å². The third kappa shape index (κ3) is 65.7. The normalized spacial score (nSPS) is 13.9.